The van der Waals surface area contributed by atoms with Crippen molar-refractivity contribution in [3.8, 4) is 0 Å². The second-order valence-corrected chi connectivity index (χ2v) is 15.4. The summed E-state index contributed by atoms with van der Waals surface area (Å²) in [5, 5.41) is 30.1. The van der Waals surface area contributed by atoms with Crippen LogP contribution in [0.4, 0.5) is 0 Å². The van der Waals surface area contributed by atoms with Gasteiger partial charge in [-0.2, -0.15) is 0 Å². The molecule has 9 heteroatoms. The molecule has 8 nitrogen and oxygen atoms in total. The third kappa shape index (κ3) is 39.9. The molecular formula is C37H63AuN2O6. The molecule has 1 N–H and O–H groups in total. The molecule has 1 aromatic carbocycles. The van der Waals surface area contributed by atoms with E-state index in [9.17, 15) is 29.7 Å². The summed E-state index contributed by atoms with van der Waals surface area (Å²) >= 11 is 0. The number of nitrogens with one attached hydrogen (secondary N) is 1. The summed E-state index contributed by atoms with van der Waals surface area (Å²) in [6.45, 7) is 19.8. The smallest absolute Gasteiger partial charge is 0.550 e. The number of hydrogen-bond acceptors (Lipinski definition) is 7. The molecule has 0 aliphatic heterocycles. The number of aromatic amines is 1. The first kappa shape index (κ1) is 48.2. The Hall–Kier alpha value is -2.16. The number of fused-ring (bicyclic) bond motifs is 1. The van der Waals surface area contributed by atoms with Gasteiger partial charge in [-0.3, -0.25) is 0 Å². The van der Waals surface area contributed by atoms with Crippen molar-refractivity contribution in [3.63, 3.8) is 0 Å². The summed E-state index contributed by atoms with van der Waals surface area (Å²) < 4.78 is 0. The first-order chi connectivity index (χ1) is 20.7. The number of carboxylic acid groups (broad SMARTS) is 3. The Balaban J connectivity index is -0.000000534. The number of aromatic nitrogens is 2. The maximum Gasteiger partial charge on any atom is 3.00 e. The maximum atomic E-state index is 10.0. The zero-order chi connectivity index (χ0) is 34.9. The molecule has 1 aromatic heterocycles. The van der Waals surface area contributed by atoms with Gasteiger partial charge in [0.25, 0.3) is 0 Å². The van der Waals surface area contributed by atoms with Gasteiger partial charge in [-0.15, -0.1) is 0 Å². The molecule has 0 atom stereocenters. The van der Waals surface area contributed by atoms with E-state index in [1.54, 1.807) is 6.33 Å². The number of H-pyrrole nitrogens is 1. The van der Waals surface area contributed by atoms with Crippen molar-refractivity contribution < 1.29 is 52.1 Å². The van der Waals surface area contributed by atoms with Crippen LogP contribution >= 0.6 is 0 Å². The number of rotatable bonds is 15. The Kier molecular flexibility index (Phi) is 28.2. The Bertz CT molecular complexity index is 937. The minimum Gasteiger partial charge on any atom is -0.550 e. The van der Waals surface area contributed by atoms with E-state index in [0.717, 1.165) is 68.8 Å². The van der Waals surface area contributed by atoms with E-state index < -0.39 is 17.9 Å². The fourth-order valence-corrected chi connectivity index (χ4v) is 4.18. The quantitative estimate of drug-likeness (QED) is 0.154. The SMILES string of the molecule is CC(C)(C)CCCCCC(=O)[O-].CC(C)(C)CCCCCC(=O)[O-].CC(C)(C)CCCCCC(=O)[O-].[Au+3].c1ccc2[nH]cnc2c1. The monoisotopic (exact) mass is 828 g/mol. The van der Waals surface area contributed by atoms with Crippen LogP contribution in [0, 0.1) is 16.2 Å². The van der Waals surface area contributed by atoms with Gasteiger partial charge < -0.3 is 34.7 Å². The van der Waals surface area contributed by atoms with Gasteiger partial charge in [-0.1, -0.05) is 113 Å². The van der Waals surface area contributed by atoms with E-state index >= 15 is 0 Å². The average Bonchev–Trinajstić information content (AvgIpc) is 3.36. The normalized spacial score (nSPS) is 11.1. The number of hydrogen-bond donors (Lipinski definition) is 1. The van der Waals surface area contributed by atoms with Gasteiger partial charge in [0.15, 0.2) is 0 Å². The molecule has 0 unspecified atom stereocenters. The molecule has 0 spiro atoms. The first-order valence-electron chi connectivity index (χ1n) is 16.7. The van der Waals surface area contributed by atoms with E-state index in [1.807, 2.05) is 24.3 Å². The number of benzene rings is 1. The number of imidazole rings is 1. The van der Waals surface area contributed by atoms with E-state index in [4.69, 9.17) is 0 Å². The van der Waals surface area contributed by atoms with Crippen molar-refractivity contribution in [3.05, 3.63) is 30.6 Å². The van der Waals surface area contributed by atoms with Crippen LogP contribution in [0.5, 0.6) is 0 Å². The summed E-state index contributed by atoms with van der Waals surface area (Å²) in [7, 11) is 0. The number of carbonyl (C=O) groups is 3. The predicted octanol–water partition coefficient (Wildman–Crippen LogP) is 6.76. The van der Waals surface area contributed by atoms with E-state index in [0.29, 0.717) is 16.2 Å². The second kappa shape index (κ2) is 26.9. The van der Waals surface area contributed by atoms with Crippen molar-refractivity contribution in [2.75, 3.05) is 0 Å². The van der Waals surface area contributed by atoms with Crippen molar-refractivity contribution in [1.29, 1.82) is 0 Å². The van der Waals surface area contributed by atoms with Gasteiger partial charge in [-0.05, 0) is 86.2 Å². The minimum atomic E-state index is -0.925. The average molecular weight is 829 g/mol. The topological polar surface area (TPSA) is 149 Å². The van der Waals surface area contributed by atoms with Gasteiger partial charge in [-0.25, -0.2) is 4.98 Å². The molecule has 0 bridgehead atoms. The molecule has 2 rings (SSSR count). The summed E-state index contributed by atoms with van der Waals surface area (Å²) in [4.78, 5) is 37.2. The van der Waals surface area contributed by atoms with E-state index in [-0.39, 0.29) is 41.6 Å². The number of nitrogens with zero attached hydrogens (tertiary/aromatic N) is 1. The first-order valence-corrected chi connectivity index (χ1v) is 16.7. The standard InChI is InChI=1S/3C10H20O2.C7H6N2.Au/c3*1-10(2,3)8-6-4-5-7-9(11)12;1-2-4-7-6(3-1)8-5-9-7;/h3*4-8H2,1-3H3,(H,11,12);1-5H,(H,8,9);/q;;;;+3/p-3. The van der Waals surface area contributed by atoms with Crippen molar-refractivity contribution >= 4 is 28.9 Å². The largest absolute Gasteiger partial charge is 3.00 e. The zero-order valence-corrected chi connectivity index (χ0v) is 32.4. The summed E-state index contributed by atoms with van der Waals surface area (Å²) in [6.07, 6.45) is 14.5. The molecule has 46 heavy (non-hydrogen) atoms. The number of carboxylic acids is 3. The van der Waals surface area contributed by atoms with Crippen LogP contribution in [0.2, 0.25) is 0 Å². The second-order valence-electron chi connectivity index (χ2n) is 15.4. The molecule has 0 amide bonds. The molecule has 0 saturated carbocycles. The minimum absolute atomic E-state index is 0. The third-order valence-corrected chi connectivity index (χ3v) is 6.75. The fourth-order valence-electron chi connectivity index (χ4n) is 4.18. The van der Waals surface area contributed by atoms with Crippen LogP contribution in [-0.4, -0.2) is 27.9 Å². The Morgan fingerprint density at radius 1 is 0.565 bits per heavy atom. The zero-order valence-electron chi connectivity index (χ0n) is 30.2. The molecule has 0 saturated heterocycles. The summed E-state index contributed by atoms with van der Waals surface area (Å²) in [5.41, 5.74) is 3.25. The number of carbonyl (C=O) groups excluding carboxylic acids is 3. The number of unbranched alkanes of at least 4 members (excludes halogenated alkanes) is 6. The molecular weight excluding hydrogens is 765 g/mol. The molecule has 0 aliphatic rings. The van der Waals surface area contributed by atoms with Gasteiger partial charge in [0.2, 0.25) is 0 Å². The Morgan fingerprint density at radius 3 is 1.17 bits per heavy atom. The predicted molar refractivity (Wildman–Crippen MR) is 179 cm³/mol. The molecule has 2 aromatic rings. The number of aliphatic carboxylic acids is 3. The van der Waals surface area contributed by atoms with Crippen LogP contribution in [0.3, 0.4) is 0 Å². The molecule has 268 valence electrons. The van der Waals surface area contributed by atoms with Crippen LogP contribution in [0.1, 0.15) is 159 Å². The third-order valence-electron chi connectivity index (χ3n) is 6.75. The Morgan fingerprint density at radius 2 is 0.891 bits per heavy atom. The molecule has 1 heterocycles. The maximum absolute atomic E-state index is 10.0. The summed E-state index contributed by atoms with van der Waals surface area (Å²) in [5.74, 6) is -2.78. The van der Waals surface area contributed by atoms with Crippen LogP contribution in [0.15, 0.2) is 30.6 Å². The van der Waals surface area contributed by atoms with Gasteiger partial charge in [0.1, 0.15) is 0 Å². The van der Waals surface area contributed by atoms with Crippen LogP contribution in [-0.2, 0) is 36.8 Å². The van der Waals surface area contributed by atoms with Gasteiger partial charge in [0.05, 0.1) is 17.4 Å². The van der Waals surface area contributed by atoms with Crippen molar-refractivity contribution in [2.45, 2.75) is 159 Å². The van der Waals surface area contributed by atoms with Crippen LogP contribution < -0.4 is 15.3 Å². The molecule has 0 aliphatic carbocycles. The Labute approximate surface area is 295 Å². The van der Waals surface area contributed by atoms with Crippen molar-refractivity contribution in [1.82, 2.24) is 9.97 Å². The van der Waals surface area contributed by atoms with E-state index in [1.165, 1.54) is 19.3 Å². The van der Waals surface area contributed by atoms with Crippen LogP contribution in [0.25, 0.3) is 11.0 Å². The van der Waals surface area contributed by atoms with Gasteiger partial charge >= 0.3 is 22.4 Å². The fraction of sp³-hybridized carbons (Fsp3) is 0.730. The number of para-hydroxylation sites is 2. The van der Waals surface area contributed by atoms with Gasteiger partial charge in [0, 0.05) is 17.9 Å². The molecule has 0 radical (unpaired) electrons. The van der Waals surface area contributed by atoms with E-state index in [2.05, 4.69) is 72.3 Å². The van der Waals surface area contributed by atoms with Crippen molar-refractivity contribution in [2.24, 2.45) is 16.2 Å². The summed E-state index contributed by atoms with van der Waals surface area (Å²) in [6, 6.07) is 7.94. The molecule has 0 fully saturated rings.